The molecule has 164 valence electrons. The van der Waals surface area contributed by atoms with E-state index in [1.165, 1.54) is 23.7 Å². The zero-order valence-corrected chi connectivity index (χ0v) is 18.0. The van der Waals surface area contributed by atoms with Crippen LogP contribution in [0.25, 0.3) is 16.7 Å². The molecule has 0 unspecified atom stereocenters. The van der Waals surface area contributed by atoms with Crippen LogP contribution in [-0.2, 0) is 6.54 Å². The lowest BCUT2D eigenvalue weighted by Gasteiger charge is -2.36. The topological polar surface area (TPSA) is 80.8 Å². The van der Waals surface area contributed by atoms with E-state index in [4.69, 9.17) is 9.72 Å². The highest BCUT2D eigenvalue weighted by Gasteiger charge is 2.31. The molecule has 3 aromatic heterocycles. The molecule has 32 heavy (non-hydrogen) atoms. The number of anilines is 1. The second-order valence-corrected chi connectivity index (χ2v) is 8.53. The van der Waals surface area contributed by atoms with Crippen molar-refractivity contribution in [1.82, 2.24) is 29.0 Å². The average molecular weight is 432 g/mol. The van der Waals surface area contributed by atoms with E-state index in [0.717, 1.165) is 54.6 Å². The number of benzene rings is 1. The molecule has 1 saturated carbocycles. The van der Waals surface area contributed by atoms with Crippen molar-refractivity contribution in [2.75, 3.05) is 38.2 Å². The summed E-state index contributed by atoms with van der Waals surface area (Å²) in [6.07, 6.45) is 5.99. The molecule has 0 bridgehead atoms. The monoisotopic (exact) mass is 431 g/mol. The van der Waals surface area contributed by atoms with Gasteiger partial charge in [-0.25, -0.2) is 14.8 Å². The van der Waals surface area contributed by atoms with Crippen molar-refractivity contribution in [2.45, 2.75) is 25.4 Å². The van der Waals surface area contributed by atoms with E-state index in [1.807, 2.05) is 30.5 Å². The van der Waals surface area contributed by atoms with E-state index >= 15 is 0 Å². The fraction of sp³-hybridized carbons (Fsp3) is 0.391. The maximum atomic E-state index is 13.2. The molecule has 0 atom stereocenters. The Morgan fingerprint density at radius 3 is 2.53 bits per heavy atom. The third-order valence-electron chi connectivity index (χ3n) is 6.55. The highest BCUT2D eigenvalue weighted by atomic mass is 16.5. The molecule has 6 rings (SSSR count). The molecule has 1 aliphatic carbocycles. The van der Waals surface area contributed by atoms with Gasteiger partial charge >= 0.3 is 5.69 Å². The minimum absolute atomic E-state index is 0.251. The number of hydrogen-bond donors (Lipinski definition) is 0. The number of piperazine rings is 1. The van der Waals surface area contributed by atoms with Crippen molar-refractivity contribution in [3.05, 3.63) is 58.9 Å². The maximum absolute atomic E-state index is 13.2. The van der Waals surface area contributed by atoms with Crippen molar-refractivity contribution in [1.29, 1.82) is 0 Å². The Morgan fingerprint density at radius 1 is 1.03 bits per heavy atom. The van der Waals surface area contributed by atoms with Crippen molar-refractivity contribution in [3.63, 3.8) is 0 Å². The van der Waals surface area contributed by atoms with Crippen LogP contribution in [-0.4, -0.2) is 68.4 Å². The third kappa shape index (κ3) is 3.29. The average Bonchev–Trinajstić information content (AvgIpc) is 3.58. The lowest BCUT2D eigenvalue weighted by molar-refractivity contribution is 0.248. The van der Waals surface area contributed by atoms with Crippen molar-refractivity contribution in [2.24, 2.45) is 0 Å². The molecule has 0 amide bonds. The van der Waals surface area contributed by atoms with Gasteiger partial charge in [-0.2, -0.15) is 9.61 Å². The molecule has 0 radical (unpaired) electrons. The van der Waals surface area contributed by atoms with Crippen molar-refractivity contribution < 1.29 is 4.74 Å². The third-order valence-corrected chi connectivity index (χ3v) is 6.55. The number of ether oxygens (including phenoxy) is 1. The zero-order chi connectivity index (χ0) is 21.7. The van der Waals surface area contributed by atoms with E-state index in [2.05, 4.69) is 25.9 Å². The minimum atomic E-state index is -0.251. The van der Waals surface area contributed by atoms with Gasteiger partial charge < -0.3 is 9.64 Å². The van der Waals surface area contributed by atoms with Crippen molar-refractivity contribution in [3.8, 4) is 5.75 Å². The summed E-state index contributed by atoms with van der Waals surface area (Å²) in [7, 11) is 1.64. The van der Waals surface area contributed by atoms with E-state index in [9.17, 15) is 4.79 Å². The molecule has 0 spiro atoms. The van der Waals surface area contributed by atoms with Gasteiger partial charge in [-0.3, -0.25) is 9.47 Å². The first-order valence-electron chi connectivity index (χ1n) is 11.1. The Balaban J connectivity index is 1.39. The van der Waals surface area contributed by atoms with Gasteiger partial charge in [-0.15, -0.1) is 0 Å². The molecule has 1 saturated heterocycles. The Morgan fingerprint density at radius 2 is 1.81 bits per heavy atom. The van der Waals surface area contributed by atoms with Crippen LogP contribution in [0.3, 0.4) is 0 Å². The summed E-state index contributed by atoms with van der Waals surface area (Å²) in [6, 6.07) is 10.6. The van der Waals surface area contributed by atoms with E-state index in [-0.39, 0.29) is 5.69 Å². The first-order chi connectivity index (χ1) is 15.7. The normalized spacial score (nSPS) is 17.3. The summed E-state index contributed by atoms with van der Waals surface area (Å²) in [4.78, 5) is 27.2. The van der Waals surface area contributed by atoms with Gasteiger partial charge in [0, 0.05) is 32.2 Å². The SMILES string of the molecule is COc1ccc(Cn2c(=O)n3ncnc3c3cc(N4CCN(C5CC5)CC4)cnc32)cc1. The van der Waals surface area contributed by atoms with Gasteiger partial charge in [0.1, 0.15) is 17.7 Å². The van der Waals surface area contributed by atoms with Crippen LogP contribution in [0.2, 0.25) is 0 Å². The fourth-order valence-corrected chi connectivity index (χ4v) is 4.61. The van der Waals surface area contributed by atoms with Crippen LogP contribution >= 0.6 is 0 Å². The first kappa shape index (κ1) is 19.2. The molecule has 2 fully saturated rings. The van der Waals surface area contributed by atoms with Crippen LogP contribution < -0.4 is 15.3 Å². The molecule has 9 nitrogen and oxygen atoms in total. The summed E-state index contributed by atoms with van der Waals surface area (Å²) in [5, 5.41) is 5.01. The molecule has 0 N–H and O–H groups in total. The molecule has 4 heterocycles. The van der Waals surface area contributed by atoms with Gasteiger partial charge in [0.05, 0.1) is 30.9 Å². The molecular formula is C23H25N7O2. The molecule has 2 aliphatic rings. The highest BCUT2D eigenvalue weighted by Crippen LogP contribution is 2.29. The van der Waals surface area contributed by atoms with Gasteiger partial charge in [-0.1, -0.05) is 12.1 Å². The molecule has 4 aromatic rings. The van der Waals surface area contributed by atoms with E-state index in [1.54, 1.807) is 11.7 Å². The molecule has 1 aromatic carbocycles. The predicted octanol–water partition coefficient (Wildman–Crippen LogP) is 1.78. The van der Waals surface area contributed by atoms with Crippen LogP contribution in [0, 0.1) is 0 Å². The summed E-state index contributed by atoms with van der Waals surface area (Å²) in [5.41, 5.74) is 2.95. The van der Waals surface area contributed by atoms with Crippen molar-refractivity contribution >= 4 is 22.4 Å². The lowest BCUT2D eigenvalue weighted by Crippen LogP contribution is -2.47. The maximum Gasteiger partial charge on any atom is 0.352 e. The second-order valence-electron chi connectivity index (χ2n) is 8.53. The standard InChI is InChI=1S/C23H25N7O2/c1-32-19-6-2-16(3-7-19)14-29-21-20(22-25-15-26-30(22)23(29)31)12-18(13-24-21)28-10-8-27(9-11-28)17-4-5-17/h2-3,6-7,12-13,15,17H,4-5,8-11,14H2,1H3. The van der Waals surface area contributed by atoms with Gasteiger partial charge in [0.2, 0.25) is 0 Å². The summed E-state index contributed by atoms with van der Waals surface area (Å²) in [6.45, 7) is 4.53. The summed E-state index contributed by atoms with van der Waals surface area (Å²) >= 11 is 0. The summed E-state index contributed by atoms with van der Waals surface area (Å²) in [5.74, 6) is 0.780. The van der Waals surface area contributed by atoms with Crippen LogP contribution in [0.15, 0.2) is 47.7 Å². The number of nitrogens with zero attached hydrogens (tertiary/aromatic N) is 7. The lowest BCUT2D eigenvalue weighted by atomic mass is 10.2. The van der Waals surface area contributed by atoms with Gasteiger partial charge in [0.15, 0.2) is 5.65 Å². The quantitative estimate of drug-likeness (QED) is 0.476. The Labute approximate surface area is 184 Å². The number of fused-ring (bicyclic) bond motifs is 3. The Bertz CT molecular complexity index is 1330. The number of aromatic nitrogens is 5. The largest absolute Gasteiger partial charge is 0.497 e. The Hall–Kier alpha value is -3.46. The minimum Gasteiger partial charge on any atom is -0.497 e. The van der Waals surface area contributed by atoms with E-state index in [0.29, 0.717) is 17.8 Å². The first-order valence-corrected chi connectivity index (χ1v) is 11.1. The smallest absolute Gasteiger partial charge is 0.352 e. The Kier molecular flexibility index (Phi) is 4.57. The number of methoxy groups -OCH3 is 1. The van der Waals surface area contributed by atoms with Gasteiger partial charge in [-0.05, 0) is 36.6 Å². The molecule has 1 aliphatic heterocycles. The zero-order valence-electron chi connectivity index (χ0n) is 18.0. The predicted molar refractivity (Wildman–Crippen MR) is 121 cm³/mol. The molecular weight excluding hydrogens is 406 g/mol. The highest BCUT2D eigenvalue weighted by molar-refractivity contribution is 5.91. The van der Waals surface area contributed by atoms with Crippen LogP contribution in [0.4, 0.5) is 5.69 Å². The number of hydrogen-bond acceptors (Lipinski definition) is 7. The second kappa shape index (κ2) is 7.59. The summed E-state index contributed by atoms with van der Waals surface area (Å²) < 4.78 is 8.27. The van der Waals surface area contributed by atoms with Crippen LogP contribution in [0.1, 0.15) is 18.4 Å². The van der Waals surface area contributed by atoms with Crippen LogP contribution in [0.5, 0.6) is 5.75 Å². The van der Waals surface area contributed by atoms with Gasteiger partial charge in [0.25, 0.3) is 0 Å². The number of rotatable bonds is 5. The fourth-order valence-electron chi connectivity index (χ4n) is 4.61. The molecule has 9 heteroatoms. The van der Waals surface area contributed by atoms with E-state index < -0.39 is 0 Å². The number of pyridine rings is 1.